The first-order valence-corrected chi connectivity index (χ1v) is 7.05. The molecule has 2 aromatic carbocycles. The maximum atomic E-state index is 12.3. The molecule has 0 radical (unpaired) electrons. The molecule has 0 saturated carbocycles. The van der Waals surface area contributed by atoms with Crippen LogP contribution in [0.5, 0.6) is 0 Å². The van der Waals surface area contributed by atoms with Crippen LogP contribution in [0.1, 0.15) is 16.7 Å². The van der Waals surface area contributed by atoms with E-state index in [-0.39, 0.29) is 12.5 Å². The number of hydrogen-bond donors (Lipinski definition) is 2. The van der Waals surface area contributed by atoms with E-state index in [9.17, 15) is 4.79 Å². The molecule has 4 nitrogen and oxygen atoms in total. The zero-order chi connectivity index (χ0) is 14.7. The van der Waals surface area contributed by atoms with Crippen LogP contribution in [0.3, 0.4) is 0 Å². The number of benzene rings is 2. The van der Waals surface area contributed by atoms with E-state index in [4.69, 9.17) is 5.11 Å². The summed E-state index contributed by atoms with van der Waals surface area (Å²) in [5, 5.41) is 12.2. The van der Waals surface area contributed by atoms with Crippen molar-refractivity contribution in [3.05, 3.63) is 65.2 Å². The fourth-order valence-electron chi connectivity index (χ4n) is 2.56. The Labute approximate surface area is 124 Å². The van der Waals surface area contributed by atoms with Crippen LogP contribution in [-0.2, 0) is 24.5 Å². The van der Waals surface area contributed by atoms with Gasteiger partial charge in [-0.25, -0.2) is 0 Å². The van der Waals surface area contributed by atoms with Crippen LogP contribution in [0.15, 0.2) is 48.5 Å². The molecule has 1 aliphatic rings. The topological polar surface area (TPSA) is 52.6 Å². The molecule has 0 aliphatic carbocycles. The minimum atomic E-state index is 0.0374. The number of rotatable bonds is 3. The predicted molar refractivity (Wildman–Crippen MR) is 81.7 cm³/mol. The molecule has 0 atom stereocenters. The normalized spacial score (nSPS) is 14.7. The minimum absolute atomic E-state index is 0.0374. The number of aliphatic hydroxyl groups excluding tert-OH is 1. The Morgan fingerprint density at radius 3 is 2.48 bits per heavy atom. The molecule has 0 unspecified atom stereocenters. The number of fused-ring (bicyclic) bond motifs is 1. The van der Waals surface area contributed by atoms with Gasteiger partial charge in [0.25, 0.3) is 0 Å². The summed E-state index contributed by atoms with van der Waals surface area (Å²) in [6.45, 7) is 1.64. The molecule has 0 saturated heterocycles. The van der Waals surface area contributed by atoms with Crippen LogP contribution >= 0.6 is 0 Å². The Morgan fingerprint density at radius 1 is 1.00 bits per heavy atom. The van der Waals surface area contributed by atoms with Crippen molar-refractivity contribution in [3.63, 3.8) is 0 Å². The van der Waals surface area contributed by atoms with Gasteiger partial charge in [0.15, 0.2) is 0 Å². The van der Waals surface area contributed by atoms with Crippen molar-refractivity contribution in [2.45, 2.75) is 19.7 Å². The van der Waals surface area contributed by atoms with Gasteiger partial charge in [-0.3, -0.25) is 4.79 Å². The van der Waals surface area contributed by atoms with E-state index < -0.39 is 0 Å². The van der Waals surface area contributed by atoms with Gasteiger partial charge >= 0.3 is 0 Å². The second-order valence-corrected chi connectivity index (χ2v) is 5.19. The number of nitrogens with zero attached hydrogens (tertiary/aromatic N) is 1. The predicted octanol–water partition coefficient (Wildman–Crippen LogP) is 1.82. The molecule has 1 heterocycles. The first-order valence-electron chi connectivity index (χ1n) is 7.05. The number of nitrogens with one attached hydrogen (secondary N) is 1. The van der Waals surface area contributed by atoms with Crippen LogP contribution < -0.4 is 10.2 Å². The third kappa shape index (κ3) is 2.96. The van der Waals surface area contributed by atoms with Crippen LogP contribution in [-0.4, -0.2) is 17.6 Å². The lowest BCUT2D eigenvalue weighted by atomic mass is 10.1. The Kier molecular flexibility index (Phi) is 3.99. The summed E-state index contributed by atoms with van der Waals surface area (Å²) < 4.78 is 0. The molecule has 21 heavy (non-hydrogen) atoms. The average molecular weight is 282 g/mol. The second-order valence-electron chi connectivity index (χ2n) is 5.19. The number of amides is 1. The lowest BCUT2D eigenvalue weighted by Gasteiger charge is -2.23. The highest BCUT2D eigenvalue weighted by Gasteiger charge is 2.21. The standard InChI is InChI=1S/C17H18N2O2/c20-12-14-7-5-13(6-8-14)11-19-16-4-2-1-3-15(16)9-18-10-17(19)21/h1-8,18,20H,9-12H2. The van der Waals surface area contributed by atoms with Gasteiger partial charge in [-0.2, -0.15) is 0 Å². The maximum absolute atomic E-state index is 12.3. The van der Waals surface area contributed by atoms with Gasteiger partial charge < -0.3 is 15.3 Å². The molecule has 2 N–H and O–H groups in total. The highest BCUT2D eigenvalue weighted by molar-refractivity contribution is 5.96. The van der Waals surface area contributed by atoms with Crippen LogP contribution in [0.2, 0.25) is 0 Å². The van der Waals surface area contributed by atoms with Crippen molar-refractivity contribution in [2.24, 2.45) is 0 Å². The van der Waals surface area contributed by atoms with E-state index in [2.05, 4.69) is 5.32 Å². The molecule has 0 bridgehead atoms. The number of carbonyl (C=O) groups excluding carboxylic acids is 1. The van der Waals surface area contributed by atoms with E-state index in [1.54, 1.807) is 0 Å². The lowest BCUT2D eigenvalue weighted by Crippen LogP contribution is -2.35. The molecule has 4 heteroatoms. The largest absolute Gasteiger partial charge is 0.392 e. The molecule has 0 fully saturated rings. The summed E-state index contributed by atoms with van der Waals surface area (Å²) in [5.74, 6) is 0.0752. The summed E-state index contributed by atoms with van der Waals surface area (Å²) in [4.78, 5) is 14.2. The van der Waals surface area contributed by atoms with E-state index >= 15 is 0 Å². The summed E-state index contributed by atoms with van der Waals surface area (Å²) in [7, 11) is 0. The molecular formula is C17H18N2O2. The lowest BCUT2D eigenvalue weighted by molar-refractivity contribution is -0.117. The minimum Gasteiger partial charge on any atom is -0.392 e. The molecule has 2 aromatic rings. The van der Waals surface area contributed by atoms with Crippen LogP contribution in [0, 0.1) is 0 Å². The summed E-state index contributed by atoms with van der Waals surface area (Å²) >= 11 is 0. The van der Waals surface area contributed by atoms with Gasteiger partial charge in [0, 0.05) is 12.2 Å². The fraction of sp³-hybridized carbons (Fsp3) is 0.235. The van der Waals surface area contributed by atoms with Crippen molar-refractivity contribution in [2.75, 3.05) is 11.4 Å². The highest BCUT2D eigenvalue weighted by atomic mass is 16.3. The van der Waals surface area contributed by atoms with Crippen LogP contribution in [0.4, 0.5) is 5.69 Å². The van der Waals surface area contributed by atoms with Crippen molar-refractivity contribution >= 4 is 11.6 Å². The van der Waals surface area contributed by atoms with Gasteiger partial charge in [0.1, 0.15) is 0 Å². The SMILES string of the molecule is O=C1CNCc2ccccc2N1Cc1ccc(CO)cc1. The quantitative estimate of drug-likeness (QED) is 0.903. The summed E-state index contributed by atoms with van der Waals surface area (Å²) in [6.07, 6.45) is 0. The van der Waals surface area contributed by atoms with E-state index in [1.165, 1.54) is 0 Å². The van der Waals surface area contributed by atoms with Gasteiger partial charge in [0.2, 0.25) is 5.91 Å². The molecule has 1 aliphatic heterocycles. The second kappa shape index (κ2) is 6.08. The molecule has 0 aromatic heterocycles. The first-order chi connectivity index (χ1) is 10.3. The molecular weight excluding hydrogens is 264 g/mol. The van der Waals surface area contributed by atoms with Gasteiger partial charge in [-0.15, -0.1) is 0 Å². The number of para-hydroxylation sites is 1. The van der Waals surface area contributed by atoms with E-state index in [0.29, 0.717) is 19.6 Å². The average Bonchev–Trinajstić information content (AvgIpc) is 2.68. The molecule has 0 spiro atoms. The number of carbonyl (C=O) groups is 1. The molecule has 1 amide bonds. The van der Waals surface area contributed by atoms with Gasteiger partial charge in [0.05, 0.1) is 19.7 Å². The fourth-order valence-corrected chi connectivity index (χ4v) is 2.56. The Morgan fingerprint density at radius 2 is 1.71 bits per heavy atom. The van der Waals surface area contributed by atoms with Crippen molar-refractivity contribution in [3.8, 4) is 0 Å². The van der Waals surface area contributed by atoms with Crippen molar-refractivity contribution < 1.29 is 9.90 Å². The van der Waals surface area contributed by atoms with Gasteiger partial charge in [-0.05, 0) is 22.8 Å². The highest BCUT2D eigenvalue weighted by Crippen LogP contribution is 2.24. The number of anilines is 1. The monoisotopic (exact) mass is 282 g/mol. The Bertz CT molecular complexity index is 637. The zero-order valence-electron chi connectivity index (χ0n) is 11.7. The molecule has 3 rings (SSSR count). The maximum Gasteiger partial charge on any atom is 0.241 e. The van der Waals surface area contributed by atoms with Gasteiger partial charge in [-0.1, -0.05) is 42.5 Å². The summed E-state index contributed by atoms with van der Waals surface area (Å²) in [5.41, 5.74) is 4.04. The summed E-state index contributed by atoms with van der Waals surface area (Å²) in [6, 6.07) is 15.7. The Balaban J connectivity index is 1.90. The Hall–Kier alpha value is -2.17. The van der Waals surface area contributed by atoms with E-state index in [0.717, 1.165) is 22.4 Å². The third-order valence-electron chi connectivity index (χ3n) is 3.72. The van der Waals surface area contributed by atoms with Crippen LogP contribution in [0.25, 0.3) is 0 Å². The third-order valence-corrected chi connectivity index (χ3v) is 3.72. The molecule has 108 valence electrons. The number of hydrogen-bond acceptors (Lipinski definition) is 3. The number of aliphatic hydroxyl groups is 1. The zero-order valence-corrected chi connectivity index (χ0v) is 11.7. The first kappa shape index (κ1) is 13.8. The smallest absolute Gasteiger partial charge is 0.241 e. The van der Waals surface area contributed by atoms with E-state index in [1.807, 2.05) is 53.4 Å². The van der Waals surface area contributed by atoms with Crippen molar-refractivity contribution in [1.29, 1.82) is 0 Å². The van der Waals surface area contributed by atoms with Crippen molar-refractivity contribution in [1.82, 2.24) is 5.32 Å².